The second kappa shape index (κ2) is 14.0. The maximum atomic E-state index is 13.4. The van der Waals surface area contributed by atoms with Gasteiger partial charge in [-0.1, -0.05) is 18.2 Å². The summed E-state index contributed by atoms with van der Waals surface area (Å²) in [4.78, 5) is 25.8. The Balaban J connectivity index is 1.23. The monoisotopic (exact) mass is 716 g/mol. The summed E-state index contributed by atoms with van der Waals surface area (Å²) in [5.74, 6) is -0.630. The van der Waals surface area contributed by atoms with Crippen molar-refractivity contribution in [2.24, 2.45) is 0 Å². The van der Waals surface area contributed by atoms with Crippen LogP contribution in [0.3, 0.4) is 0 Å². The average molecular weight is 717 g/mol. The van der Waals surface area contributed by atoms with Crippen LogP contribution in [-0.2, 0) is 14.8 Å². The quantitative estimate of drug-likeness (QED) is 0.125. The van der Waals surface area contributed by atoms with Crippen molar-refractivity contribution in [3.05, 3.63) is 94.3 Å². The number of para-hydroxylation sites is 1. The van der Waals surface area contributed by atoms with Gasteiger partial charge in [0, 0.05) is 44.9 Å². The van der Waals surface area contributed by atoms with Gasteiger partial charge in [-0.25, -0.2) is 17.9 Å². The van der Waals surface area contributed by atoms with Gasteiger partial charge in [0.2, 0.25) is 10.0 Å². The van der Waals surface area contributed by atoms with Crippen LogP contribution in [0.25, 0.3) is 5.69 Å². The second-order valence-corrected chi connectivity index (χ2v) is 13.2. The third-order valence-electron chi connectivity index (χ3n) is 8.17. The Hall–Kier alpha value is -5.20. The minimum atomic E-state index is -4.85. The first-order chi connectivity index (χ1) is 23.9. The minimum Gasteiger partial charge on any atom is -0.461 e. The Labute approximate surface area is 284 Å². The van der Waals surface area contributed by atoms with Crippen molar-refractivity contribution in [1.29, 1.82) is 0 Å². The van der Waals surface area contributed by atoms with Crippen LogP contribution in [0.4, 0.5) is 24.5 Å². The standard InChI is InChI=1S/C32H31F3N6O8S/c1-2-47-31(42)30-29-28(37-40(30)21-10-12-22(13-11-21)48-23-6-5-7-24(20-23)49-32(33,34)35)26(14-15-36-29)38-16-18-39(19-17-38)50(45,46)27-9-4-3-8-25(27)41(43)44/h3-13,20,26,36H,2,14-19H2,1H3/t26-/m0/s1. The Morgan fingerprint density at radius 3 is 2.38 bits per heavy atom. The number of nitrogens with zero attached hydrogens (tertiary/aromatic N) is 5. The molecule has 1 atom stereocenters. The first-order valence-electron chi connectivity index (χ1n) is 15.5. The van der Waals surface area contributed by atoms with Gasteiger partial charge >= 0.3 is 12.3 Å². The van der Waals surface area contributed by atoms with Crippen LogP contribution < -0.4 is 14.8 Å². The van der Waals surface area contributed by atoms with Crippen LogP contribution in [0.15, 0.2) is 77.7 Å². The first-order valence-corrected chi connectivity index (χ1v) is 17.0. The van der Waals surface area contributed by atoms with E-state index in [0.717, 1.165) is 18.2 Å². The van der Waals surface area contributed by atoms with Crippen LogP contribution in [0.5, 0.6) is 17.2 Å². The van der Waals surface area contributed by atoms with Crippen molar-refractivity contribution in [2.45, 2.75) is 30.6 Å². The Morgan fingerprint density at radius 2 is 1.70 bits per heavy atom. The smallest absolute Gasteiger partial charge is 0.461 e. The van der Waals surface area contributed by atoms with Gasteiger partial charge < -0.3 is 19.5 Å². The molecular formula is C32H31F3N6O8S. The fourth-order valence-electron chi connectivity index (χ4n) is 5.99. The van der Waals surface area contributed by atoms with E-state index in [9.17, 15) is 36.5 Å². The molecule has 1 saturated heterocycles. The normalized spacial score (nSPS) is 17.0. The molecule has 0 spiro atoms. The number of sulfonamides is 1. The summed E-state index contributed by atoms with van der Waals surface area (Å²) in [6.45, 7) is 3.09. The maximum absolute atomic E-state index is 13.4. The number of hydrogen-bond donors (Lipinski definition) is 1. The van der Waals surface area contributed by atoms with Crippen molar-refractivity contribution in [3.8, 4) is 22.9 Å². The number of fused-ring (bicyclic) bond motifs is 1. The number of anilines is 1. The van der Waals surface area contributed by atoms with E-state index in [-0.39, 0.29) is 42.1 Å². The molecule has 4 aromatic rings. The SMILES string of the molecule is CCOC(=O)c1c2c(nn1-c1ccc(Oc3cccc(OC(F)(F)F)c3)cc1)[C@@H](N1CCN(S(=O)(=O)c3ccccc3[N+](=O)[O-])CC1)CCN2. The number of nitrogens with one attached hydrogen (secondary N) is 1. The zero-order valence-corrected chi connectivity index (χ0v) is 27.3. The average Bonchev–Trinajstić information content (AvgIpc) is 3.48. The van der Waals surface area contributed by atoms with E-state index >= 15 is 0 Å². The molecule has 3 heterocycles. The highest BCUT2D eigenvalue weighted by molar-refractivity contribution is 7.89. The number of nitro benzene ring substituents is 1. The molecule has 0 unspecified atom stereocenters. The lowest BCUT2D eigenvalue weighted by Crippen LogP contribution is -2.50. The van der Waals surface area contributed by atoms with Crippen LogP contribution in [0, 0.1) is 10.1 Å². The highest BCUT2D eigenvalue weighted by Gasteiger charge is 2.39. The van der Waals surface area contributed by atoms with Crippen LogP contribution in [0.1, 0.15) is 35.6 Å². The van der Waals surface area contributed by atoms with E-state index in [0.29, 0.717) is 48.9 Å². The molecule has 2 aliphatic rings. The molecule has 0 bridgehead atoms. The van der Waals surface area contributed by atoms with Crippen molar-refractivity contribution in [1.82, 2.24) is 19.0 Å². The number of esters is 1. The van der Waals surface area contributed by atoms with E-state index in [1.165, 1.54) is 39.3 Å². The summed E-state index contributed by atoms with van der Waals surface area (Å²) < 4.78 is 82.5. The zero-order chi connectivity index (χ0) is 35.6. The van der Waals surface area contributed by atoms with Crippen molar-refractivity contribution < 1.29 is 45.5 Å². The molecule has 1 N–H and O–H groups in total. The third kappa shape index (κ3) is 7.22. The highest BCUT2D eigenvalue weighted by Crippen LogP contribution is 2.39. The van der Waals surface area contributed by atoms with E-state index < -0.39 is 38.7 Å². The fraction of sp³-hybridized carbons (Fsp3) is 0.312. The summed E-state index contributed by atoms with van der Waals surface area (Å²) in [6, 6.07) is 16.5. The second-order valence-electron chi connectivity index (χ2n) is 11.3. The molecule has 1 fully saturated rings. The molecule has 0 radical (unpaired) electrons. The van der Waals surface area contributed by atoms with E-state index in [2.05, 4.69) is 15.0 Å². The number of carbonyl (C=O) groups excluding carboxylic acids is 1. The maximum Gasteiger partial charge on any atom is 0.573 e. The number of rotatable bonds is 10. The number of aromatic nitrogens is 2. The molecule has 0 amide bonds. The summed E-state index contributed by atoms with van der Waals surface area (Å²) in [5.41, 5.74) is 1.20. The van der Waals surface area contributed by atoms with Crippen LogP contribution in [-0.4, -0.2) is 84.0 Å². The van der Waals surface area contributed by atoms with Gasteiger partial charge in [0.25, 0.3) is 5.69 Å². The Morgan fingerprint density at radius 1 is 1.00 bits per heavy atom. The number of ether oxygens (including phenoxy) is 3. The summed E-state index contributed by atoms with van der Waals surface area (Å²) >= 11 is 0. The van der Waals surface area contributed by atoms with E-state index in [1.54, 1.807) is 31.2 Å². The predicted octanol–water partition coefficient (Wildman–Crippen LogP) is 5.51. The van der Waals surface area contributed by atoms with Crippen molar-refractivity contribution >= 4 is 27.4 Å². The largest absolute Gasteiger partial charge is 0.573 e. The molecule has 3 aromatic carbocycles. The molecule has 6 rings (SSSR count). The third-order valence-corrected chi connectivity index (χ3v) is 10.1. The number of nitro groups is 1. The molecular weight excluding hydrogens is 685 g/mol. The van der Waals surface area contributed by atoms with Gasteiger partial charge in [0.05, 0.1) is 28.9 Å². The van der Waals surface area contributed by atoms with Gasteiger partial charge in [0.1, 0.15) is 22.9 Å². The number of alkyl halides is 3. The zero-order valence-electron chi connectivity index (χ0n) is 26.5. The van der Waals surface area contributed by atoms with Gasteiger partial charge in [-0.15, -0.1) is 13.2 Å². The van der Waals surface area contributed by atoms with Crippen LogP contribution in [0.2, 0.25) is 0 Å². The molecule has 0 aliphatic carbocycles. The number of carbonyl (C=O) groups is 1. The van der Waals surface area contributed by atoms with E-state index in [1.807, 2.05) is 0 Å². The molecule has 264 valence electrons. The Kier molecular flexibility index (Phi) is 9.68. The topological polar surface area (TPSA) is 158 Å². The summed E-state index contributed by atoms with van der Waals surface area (Å²) in [7, 11) is -4.13. The molecule has 14 nitrogen and oxygen atoms in total. The van der Waals surface area contributed by atoms with Crippen LogP contribution >= 0.6 is 0 Å². The van der Waals surface area contributed by atoms with Crippen molar-refractivity contribution in [2.75, 3.05) is 44.6 Å². The summed E-state index contributed by atoms with van der Waals surface area (Å²) in [5, 5.41) is 19.6. The Bertz CT molecular complexity index is 2000. The lowest BCUT2D eigenvalue weighted by Gasteiger charge is -2.39. The predicted molar refractivity (Wildman–Crippen MR) is 172 cm³/mol. The molecule has 0 saturated carbocycles. The number of benzene rings is 3. The first kappa shape index (κ1) is 34.7. The molecule has 18 heteroatoms. The lowest BCUT2D eigenvalue weighted by atomic mass is 10.0. The molecule has 1 aromatic heterocycles. The van der Waals surface area contributed by atoms with Gasteiger partial charge in [-0.3, -0.25) is 15.0 Å². The van der Waals surface area contributed by atoms with Gasteiger partial charge in [0.15, 0.2) is 10.6 Å². The fourth-order valence-corrected chi connectivity index (χ4v) is 7.57. The number of piperazine rings is 1. The number of hydrogen-bond acceptors (Lipinski definition) is 11. The highest BCUT2D eigenvalue weighted by atomic mass is 32.2. The van der Waals surface area contributed by atoms with E-state index in [4.69, 9.17) is 14.6 Å². The van der Waals surface area contributed by atoms with Gasteiger partial charge in [-0.05, 0) is 55.8 Å². The van der Waals surface area contributed by atoms with Crippen molar-refractivity contribution in [3.63, 3.8) is 0 Å². The lowest BCUT2D eigenvalue weighted by molar-refractivity contribution is -0.387. The molecule has 2 aliphatic heterocycles. The van der Waals surface area contributed by atoms with Gasteiger partial charge in [-0.2, -0.15) is 9.40 Å². The number of halogens is 3. The molecule has 50 heavy (non-hydrogen) atoms. The minimum absolute atomic E-state index is 0.0891. The summed E-state index contributed by atoms with van der Waals surface area (Å²) in [6.07, 6.45) is -4.25.